The molecule has 6 nitrogen and oxygen atoms in total. The quantitative estimate of drug-likeness (QED) is 0.638. The van der Waals surface area contributed by atoms with Crippen LogP contribution in [0, 0.1) is 13.8 Å². The zero-order valence-electron chi connectivity index (χ0n) is 17.1. The van der Waals surface area contributed by atoms with Gasteiger partial charge in [-0.2, -0.15) is 0 Å². The Balaban J connectivity index is 1.62. The number of nitrogens with zero attached hydrogens (tertiary/aromatic N) is 2. The maximum Gasteiger partial charge on any atom is 0.238 e. The van der Waals surface area contributed by atoms with E-state index in [0.29, 0.717) is 12.1 Å². The topological polar surface area (TPSA) is 85.4 Å². The number of aryl methyl sites for hydroxylation is 2. The van der Waals surface area contributed by atoms with E-state index in [1.54, 1.807) is 12.1 Å². The molecule has 2 N–H and O–H groups in total. The highest BCUT2D eigenvalue weighted by Crippen LogP contribution is 2.28. The monoisotopic (exact) mass is 423 g/mol. The van der Waals surface area contributed by atoms with Gasteiger partial charge < -0.3 is 9.47 Å². The number of rotatable bonds is 5. The van der Waals surface area contributed by atoms with Gasteiger partial charge in [0.1, 0.15) is 0 Å². The van der Waals surface area contributed by atoms with Crippen LogP contribution < -0.4 is 10.0 Å². The van der Waals surface area contributed by atoms with Crippen LogP contribution in [0.25, 0.3) is 5.69 Å². The van der Waals surface area contributed by atoms with Gasteiger partial charge in [0.05, 0.1) is 11.4 Å². The molecule has 2 heterocycles. The van der Waals surface area contributed by atoms with Gasteiger partial charge >= 0.3 is 0 Å². The fraction of sp³-hybridized carbons (Fsp3) is 0.261. The standard InChI is InChI=1S/C23H25N3O3S/c1-16-14-21(17(2)26(16)19-9-11-20(12-10-19)30(24,28)29)23(27)15-25-13-5-7-18-6-3-4-8-22(18)25/h3-4,6,8-12,14H,5,7,13,15H2,1-2H3,(H2,24,28,29). The molecule has 2 aromatic carbocycles. The van der Waals surface area contributed by atoms with E-state index in [9.17, 15) is 13.2 Å². The number of sulfonamides is 1. The van der Waals surface area contributed by atoms with Crippen molar-refractivity contribution in [2.75, 3.05) is 18.0 Å². The summed E-state index contributed by atoms with van der Waals surface area (Å²) < 4.78 is 25.0. The molecule has 30 heavy (non-hydrogen) atoms. The summed E-state index contributed by atoms with van der Waals surface area (Å²) in [5, 5.41) is 5.19. The number of nitrogens with two attached hydrogens (primary N) is 1. The molecule has 0 unspecified atom stereocenters. The molecule has 0 spiro atoms. The van der Waals surface area contributed by atoms with E-state index < -0.39 is 10.0 Å². The van der Waals surface area contributed by atoms with Crippen LogP contribution in [0.5, 0.6) is 0 Å². The zero-order chi connectivity index (χ0) is 21.5. The van der Waals surface area contributed by atoms with Crippen molar-refractivity contribution in [2.45, 2.75) is 31.6 Å². The number of primary sulfonamides is 1. The Kier molecular flexibility index (Phi) is 5.26. The fourth-order valence-electron chi connectivity index (χ4n) is 4.26. The van der Waals surface area contributed by atoms with Gasteiger partial charge in [0.15, 0.2) is 5.78 Å². The molecule has 0 bridgehead atoms. The van der Waals surface area contributed by atoms with Gasteiger partial charge in [0.25, 0.3) is 0 Å². The smallest absolute Gasteiger partial charge is 0.238 e. The average molecular weight is 424 g/mol. The predicted molar refractivity (Wildman–Crippen MR) is 118 cm³/mol. The minimum absolute atomic E-state index is 0.0637. The normalized spacial score (nSPS) is 13.9. The maximum atomic E-state index is 13.2. The predicted octanol–water partition coefficient (Wildman–Crippen LogP) is 3.38. The number of aromatic nitrogens is 1. The van der Waals surface area contributed by atoms with Crippen LogP contribution in [0.3, 0.4) is 0 Å². The second-order valence-electron chi connectivity index (χ2n) is 7.74. The Bertz CT molecular complexity index is 1210. The third-order valence-corrected chi connectivity index (χ3v) is 6.63. The average Bonchev–Trinajstić information content (AvgIpc) is 3.02. The van der Waals surface area contributed by atoms with Gasteiger partial charge in [-0.15, -0.1) is 0 Å². The summed E-state index contributed by atoms with van der Waals surface area (Å²) in [5.41, 5.74) is 5.66. The van der Waals surface area contributed by atoms with Crippen LogP contribution in [-0.2, 0) is 16.4 Å². The Morgan fingerprint density at radius 1 is 1.07 bits per heavy atom. The summed E-state index contributed by atoms with van der Waals surface area (Å²) in [6.07, 6.45) is 2.09. The van der Waals surface area contributed by atoms with Gasteiger partial charge in [0.2, 0.25) is 10.0 Å². The van der Waals surface area contributed by atoms with E-state index in [0.717, 1.165) is 42.1 Å². The molecule has 0 fully saturated rings. The molecule has 0 amide bonds. The number of hydrogen-bond donors (Lipinski definition) is 1. The summed E-state index contributed by atoms with van der Waals surface area (Å²) in [6.45, 7) is 5.06. The molecule has 1 aliphatic heterocycles. The molecule has 0 saturated carbocycles. The van der Waals surface area contributed by atoms with E-state index in [1.165, 1.54) is 17.7 Å². The molecule has 156 valence electrons. The number of carbonyl (C=O) groups is 1. The molecule has 0 radical (unpaired) electrons. The fourth-order valence-corrected chi connectivity index (χ4v) is 4.78. The minimum atomic E-state index is -3.74. The first-order chi connectivity index (χ1) is 14.3. The van der Waals surface area contributed by atoms with E-state index in [1.807, 2.05) is 36.6 Å². The zero-order valence-corrected chi connectivity index (χ0v) is 17.9. The molecule has 0 saturated heterocycles. The Morgan fingerprint density at radius 3 is 2.47 bits per heavy atom. The van der Waals surface area contributed by atoms with Crippen molar-refractivity contribution in [1.82, 2.24) is 4.57 Å². The summed E-state index contributed by atoms with van der Waals surface area (Å²) >= 11 is 0. The highest BCUT2D eigenvalue weighted by atomic mass is 32.2. The van der Waals surface area contributed by atoms with Crippen LogP contribution in [0.15, 0.2) is 59.5 Å². The van der Waals surface area contributed by atoms with E-state index in [4.69, 9.17) is 5.14 Å². The number of carbonyl (C=O) groups excluding carboxylic acids is 1. The molecule has 7 heteroatoms. The van der Waals surface area contributed by atoms with Crippen molar-refractivity contribution in [3.63, 3.8) is 0 Å². The van der Waals surface area contributed by atoms with Gasteiger partial charge in [-0.1, -0.05) is 18.2 Å². The SMILES string of the molecule is Cc1cc(C(=O)CN2CCCc3ccccc32)c(C)n1-c1ccc(S(N)(=O)=O)cc1. The van der Waals surface area contributed by atoms with Crippen LogP contribution in [0.4, 0.5) is 5.69 Å². The minimum Gasteiger partial charge on any atom is -0.364 e. The highest BCUT2D eigenvalue weighted by molar-refractivity contribution is 7.89. The summed E-state index contributed by atoms with van der Waals surface area (Å²) in [4.78, 5) is 15.4. The number of para-hydroxylation sites is 1. The van der Waals surface area contributed by atoms with E-state index in [2.05, 4.69) is 17.0 Å². The van der Waals surface area contributed by atoms with Gasteiger partial charge in [0, 0.05) is 34.9 Å². The molecule has 0 aliphatic carbocycles. The number of hydrogen-bond acceptors (Lipinski definition) is 4. The lowest BCUT2D eigenvalue weighted by Crippen LogP contribution is -2.34. The first-order valence-corrected chi connectivity index (χ1v) is 11.5. The molecular formula is C23H25N3O3S. The van der Waals surface area contributed by atoms with E-state index >= 15 is 0 Å². The lowest BCUT2D eigenvalue weighted by Gasteiger charge is -2.30. The molecule has 3 aromatic rings. The molecule has 4 rings (SSSR count). The van der Waals surface area contributed by atoms with Gasteiger partial charge in [-0.05, 0) is 68.7 Å². The van der Waals surface area contributed by atoms with Crippen molar-refractivity contribution in [2.24, 2.45) is 5.14 Å². The largest absolute Gasteiger partial charge is 0.364 e. The Morgan fingerprint density at radius 2 is 1.77 bits per heavy atom. The Hall–Kier alpha value is -2.90. The van der Waals surface area contributed by atoms with Crippen LogP contribution in [0.1, 0.15) is 33.7 Å². The van der Waals surface area contributed by atoms with Crippen molar-refractivity contribution < 1.29 is 13.2 Å². The maximum absolute atomic E-state index is 13.2. The number of Topliss-reactive ketones (excluding diaryl/α,β-unsaturated/α-hetero) is 1. The number of fused-ring (bicyclic) bond motifs is 1. The van der Waals surface area contributed by atoms with Gasteiger partial charge in [-0.25, -0.2) is 13.6 Å². The lowest BCUT2D eigenvalue weighted by molar-refractivity contribution is 0.0998. The molecule has 0 atom stereocenters. The summed E-state index contributed by atoms with van der Waals surface area (Å²) in [6, 6.07) is 16.5. The number of ketones is 1. The first kappa shape index (κ1) is 20.4. The second-order valence-corrected chi connectivity index (χ2v) is 9.30. The summed E-state index contributed by atoms with van der Waals surface area (Å²) in [7, 11) is -3.74. The third kappa shape index (κ3) is 3.78. The lowest BCUT2D eigenvalue weighted by atomic mass is 10.0. The van der Waals surface area contributed by atoms with Gasteiger partial charge in [-0.3, -0.25) is 4.79 Å². The molecule has 1 aromatic heterocycles. The summed E-state index contributed by atoms with van der Waals surface area (Å²) in [5.74, 6) is 0.0761. The number of benzene rings is 2. The first-order valence-electron chi connectivity index (χ1n) is 9.94. The Labute approximate surface area is 177 Å². The van der Waals surface area contributed by atoms with Crippen LogP contribution in [-0.4, -0.2) is 31.9 Å². The highest BCUT2D eigenvalue weighted by Gasteiger charge is 2.22. The molecule has 1 aliphatic rings. The van der Waals surface area contributed by atoms with Crippen molar-refractivity contribution in [1.29, 1.82) is 0 Å². The van der Waals surface area contributed by atoms with E-state index in [-0.39, 0.29) is 10.7 Å². The van der Waals surface area contributed by atoms with Crippen LogP contribution in [0.2, 0.25) is 0 Å². The number of anilines is 1. The second kappa shape index (κ2) is 7.74. The van der Waals surface area contributed by atoms with Crippen molar-refractivity contribution in [3.8, 4) is 5.69 Å². The van der Waals surface area contributed by atoms with Crippen molar-refractivity contribution in [3.05, 3.63) is 77.1 Å². The third-order valence-electron chi connectivity index (χ3n) is 5.70. The van der Waals surface area contributed by atoms with Crippen molar-refractivity contribution >= 4 is 21.5 Å². The molecular weight excluding hydrogens is 398 g/mol. The van der Waals surface area contributed by atoms with Crippen LogP contribution >= 0.6 is 0 Å².